The molecule has 0 bridgehead atoms. The largest absolute Gasteiger partial charge is 0.347 e. The highest BCUT2D eigenvalue weighted by atomic mass is 79.9. The van der Waals surface area contributed by atoms with E-state index < -0.39 is 0 Å². The molecule has 1 N–H and O–H groups in total. The zero-order chi connectivity index (χ0) is 17.3. The Balaban J connectivity index is 1.69. The predicted octanol–water partition coefficient (Wildman–Crippen LogP) is 3.60. The lowest BCUT2D eigenvalue weighted by molar-refractivity contribution is -0.117. The molecule has 4 nitrogen and oxygen atoms in total. The zero-order valence-electron chi connectivity index (χ0n) is 13.7. The Morgan fingerprint density at radius 3 is 2.50 bits per heavy atom. The minimum Gasteiger partial charge on any atom is -0.347 e. The minimum atomic E-state index is -0.171. The molecule has 0 saturated carbocycles. The molecule has 1 heterocycles. The van der Waals surface area contributed by atoms with Gasteiger partial charge in [0.2, 0.25) is 5.91 Å². The first-order valence-electron chi connectivity index (χ1n) is 7.88. The SMILES string of the molecule is Cc1ccc(N2C[C@@H](NC(=O)c3ccc(Br)cc3)CC2=O)cc1C. The van der Waals surface area contributed by atoms with Crippen molar-refractivity contribution in [1.82, 2.24) is 5.32 Å². The smallest absolute Gasteiger partial charge is 0.251 e. The standard InChI is InChI=1S/C19H19BrN2O2/c1-12-3-8-17(9-13(12)2)22-11-16(10-18(22)23)21-19(24)14-4-6-15(20)7-5-14/h3-9,16H,10-11H2,1-2H3,(H,21,24)/t16-/m0/s1. The second-order valence-corrected chi connectivity index (χ2v) is 7.07. The molecule has 24 heavy (non-hydrogen) atoms. The summed E-state index contributed by atoms with van der Waals surface area (Å²) in [7, 11) is 0. The van der Waals surface area contributed by atoms with Crippen molar-refractivity contribution in [2.24, 2.45) is 0 Å². The second-order valence-electron chi connectivity index (χ2n) is 6.15. The van der Waals surface area contributed by atoms with Crippen molar-refractivity contribution in [2.75, 3.05) is 11.4 Å². The summed E-state index contributed by atoms with van der Waals surface area (Å²) in [5.41, 5.74) is 3.84. The first-order valence-corrected chi connectivity index (χ1v) is 8.67. The van der Waals surface area contributed by atoms with Gasteiger partial charge in [-0.15, -0.1) is 0 Å². The van der Waals surface area contributed by atoms with Gasteiger partial charge >= 0.3 is 0 Å². The molecule has 2 aromatic rings. The number of anilines is 1. The van der Waals surface area contributed by atoms with Crippen LogP contribution < -0.4 is 10.2 Å². The van der Waals surface area contributed by atoms with Crippen LogP contribution in [-0.2, 0) is 4.79 Å². The fourth-order valence-corrected chi connectivity index (χ4v) is 3.08. The van der Waals surface area contributed by atoms with E-state index in [1.807, 2.05) is 44.2 Å². The monoisotopic (exact) mass is 386 g/mol. The number of benzene rings is 2. The average molecular weight is 387 g/mol. The molecule has 2 amide bonds. The Kier molecular flexibility index (Phi) is 4.71. The van der Waals surface area contributed by atoms with Crippen LogP contribution in [-0.4, -0.2) is 24.4 Å². The van der Waals surface area contributed by atoms with Gasteiger partial charge in [-0.3, -0.25) is 9.59 Å². The molecule has 2 aromatic carbocycles. The number of aryl methyl sites for hydroxylation is 2. The summed E-state index contributed by atoms with van der Waals surface area (Å²) in [6.07, 6.45) is 0.329. The van der Waals surface area contributed by atoms with Gasteiger partial charge in [-0.1, -0.05) is 22.0 Å². The van der Waals surface area contributed by atoms with Crippen LogP contribution in [0.3, 0.4) is 0 Å². The van der Waals surface area contributed by atoms with E-state index in [9.17, 15) is 9.59 Å². The Labute approximate surface area is 150 Å². The Bertz CT molecular complexity index is 786. The number of rotatable bonds is 3. The van der Waals surface area contributed by atoms with Gasteiger partial charge in [0.15, 0.2) is 0 Å². The number of amides is 2. The van der Waals surface area contributed by atoms with Crippen LogP contribution in [0, 0.1) is 13.8 Å². The summed E-state index contributed by atoms with van der Waals surface area (Å²) in [6, 6.07) is 13.0. The number of nitrogens with one attached hydrogen (secondary N) is 1. The van der Waals surface area contributed by atoms with Crippen LogP contribution in [0.5, 0.6) is 0 Å². The molecule has 5 heteroatoms. The van der Waals surface area contributed by atoms with E-state index in [1.165, 1.54) is 5.56 Å². The summed E-state index contributed by atoms with van der Waals surface area (Å²) in [4.78, 5) is 26.4. The highest BCUT2D eigenvalue weighted by Gasteiger charge is 2.31. The number of halogens is 1. The van der Waals surface area contributed by atoms with Gasteiger partial charge < -0.3 is 10.2 Å². The van der Waals surface area contributed by atoms with Crippen LogP contribution in [0.4, 0.5) is 5.69 Å². The number of hydrogen-bond donors (Lipinski definition) is 1. The maximum Gasteiger partial charge on any atom is 0.251 e. The van der Waals surface area contributed by atoms with Gasteiger partial charge in [0.05, 0.1) is 6.04 Å². The molecular weight excluding hydrogens is 368 g/mol. The molecule has 0 aromatic heterocycles. The Morgan fingerprint density at radius 2 is 1.83 bits per heavy atom. The van der Waals surface area contributed by atoms with E-state index in [0.29, 0.717) is 18.5 Å². The summed E-state index contributed by atoms with van der Waals surface area (Å²) >= 11 is 3.35. The molecule has 124 valence electrons. The summed E-state index contributed by atoms with van der Waals surface area (Å²) in [5.74, 6) is -0.110. The third-order valence-corrected chi connectivity index (χ3v) is 4.90. The van der Waals surface area contributed by atoms with E-state index >= 15 is 0 Å². The number of carbonyl (C=O) groups excluding carboxylic acids is 2. The van der Waals surface area contributed by atoms with Crippen molar-refractivity contribution in [2.45, 2.75) is 26.3 Å². The molecule has 3 rings (SSSR count). The Hall–Kier alpha value is -2.14. The molecule has 1 fully saturated rings. The van der Waals surface area contributed by atoms with E-state index in [2.05, 4.69) is 21.2 Å². The second kappa shape index (κ2) is 6.77. The predicted molar refractivity (Wildman–Crippen MR) is 98.3 cm³/mol. The van der Waals surface area contributed by atoms with Crippen molar-refractivity contribution in [3.05, 3.63) is 63.6 Å². The molecule has 1 aliphatic rings. The molecule has 0 aliphatic carbocycles. The van der Waals surface area contributed by atoms with E-state index in [-0.39, 0.29) is 17.9 Å². The number of hydrogen-bond acceptors (Lipinski definition) is 2. The summed E-state index contributed by atoms with van der Waals surface area (Å²) < 4.78 is 0.927. The molecule has 1 saturated heterocycles. The molecular formula is C19H19BrN2O2. The quantitative estimate of drug-likeness (QED) is 0.875. The lowest BCUT2D eigenvalue weighted by Gasteiger charge is -2.18. The third-order valence-electron chi connectivity index (χ3n) is 4.37. The van der Waals surface area contributed by atoms with Crippen LogP contribution in [0.1, 0.15) is 27.9 Å². The van der Waals surface area contributed by atoms with Crippen LogP contribution in [0.2, 0.25) is 0 Å². The maximum absolute atomic E-state index is 12.3. The van der Waals surface area contributed by atoms with Crippen molar-refractivity contribution in [3.63, 3.8) is 0 Å². The highest BCUT2D eigenvalue weighted by Crippen LogP contribution is 2.24. The third kappa shape index (κ3) is 3.51. The minimum absolute atomic E-state index is 0.0411. The van der Waals surface area contributed by atoms with Gasteiger partial charge in [0, 0.05) is 28.7 Å². The lowest BCUT2D eigenvalue weighted by Crippen LogP contribution is -2.37. The average Bonchev–Trinajstić information content (AvgIpc) is 2.91. The van der Waals surface area contributed by atoms with Crippen LogP contribution in [0.25, 0.3) is 0 Å². The van der Waals surface area contributed by atoms with Crippen LogP contribution >= 0.6 is 15.9 Å². The zero-order valence-corrected chi connectivity index (χ0v) is 15.3. The fraction of sp³-hybridized carbons (Fsp3) is 0.263. The molecule has 0 spiro atoms. The summed E-state index contributed by atoms with van der Waals surface area (Å²) in [5, 5.41) is 2.95. The lowest BCUT2D eigenvalue weighted by atomic mass is 10.1. The van der Waals surface area contributed by atoms with E-state index in [4.69, 9.17) is 0 Å². The first kappa shape index (κ1) is 16.7. The van der Waals surface area contributed by atoms with Crippen molar-refractivity contribution >= 4 is 33.4 Å². The molecule has 0 unspecified atom stereocenters. The van der Waals surface area contributed by atoms with Gasteiger partial charge in [-0.05, 0) is 61.4 Å². The number of nitrogens with zero attached hydrogens (tertiary/aromatic N) is 1. The normalized spacial score (nSPS) is 17.2. The highest BCUT2D eigenvalue weighted by molar-refractivity contribution is 9.10. The maximum atomic E-state index is 12.3. The molecule has 1 aliphatic heterocycles. The molecule has 0 radical (unpaired) electrons. The van der Waals surface area contributed by atoms with Crippen molar-refractivity contribution in [3.8, 4) is 0 Å². The van der Waals surface area contributed by atoms with E-state index in [1.54, 1.807) is 17.0 Å². The van der Waals surface area contributed by atoms with Crippen molar-refractivity contribution in [1.29, 1.82) is 0 Å². The van der Waals surface area contributed by atoms with Gasteiger partial charge in [0.1, 0.15) is 0 Å². The van der Waals surface area contributed by atoms with Gasteiger partial charge in [0.25, 0.3) is 5.91 Å². The van der Waals surface area contributed by atoms with Gasteiger partial charge in [-0.25, -0.2) is 0 Å². The summed E-state index contributed by atoms with van der Waals surface area (Å²) in [6.45, 7) is 4.59. The van der Waals surface area contributed by atoms with Crippen LogP contribution in [0.15, 0.2) is 46.9 Å². The molecule has 1 atom stereocenters. The van der Waals surface area contributed by atoms with Gasteiger partial charge in [-0.2, -0.15) is 0 Å². The number of carbonyl (C=O) groups is 2. The topological polar surface area (TPSA) is 49.4 Å². The van der Waals surface area contributed by atoms with E-state index in [0.717, 1.165) is 15.7 Å². The van der Waals surface area contributed by atoms with Crippen molar-refractivity contribution < 1.29 is 9.59 Å². The fourth-order valence-electron chi connectivity index (χ4n) is 2.82. The Morgan fingerprint density at radius 1 is 1.12 bits per heavy atom. The first-order chi connectivity index (χ1) is 11.4.